The monoisotopic (exact) mass is 296 g/mol. The number of ether oxygens (including phenoxy) is 1. The van der Waals surface area contributed by atoms with Gasteiger partial charge in [0.1, 0.15) is 0 Å². The summed E-state index contributed by atoms with van der Waals surface area (Å²) < 4.78 is 5.26. The molecule has 0 heterocycles. The van der Waals surface area contributed by atoms with Gasteiger partial charge < -0.3 is 4.74 Å². The summed E-state index contributed by atoms with van der Waals surface area (Å²) in [5.74, 6) is -0.00443. The number of carbonyl (C=O) groups is 1. The Hall–Kier alpha value is -0.790. The van der Waals surface area contributed by atoms with Crippen LogP contribution in [0.4, 0.5) is 0 Å². The Morgan fingerprint density at radius 2 is 1.43 bits per heavy atom. The zero-order chi connectivity index (χ0) is 15.6. The van der Waals surface area contributed by atoms with Gasteiger partial charge in [-0.2, -0.15) is 0 Å². The molecular weight excluding hydrogens is 260 g/mol. The summed E-state index contributed by atoms with van der Waals surface area (Å²) in [5.41, 5.74) is 0. The number of unbranched alkanes of at least 4 members (excludes halogenated alkanes) is 11. The molecule has 0 aromatic carbocycles. The van der Waals surface area contributed by atoms with Gasteiger partial charge in [-0.15, -0.1) is 6.58 Å². The quantitative estimate of drug-likeness (QED) is 0.193. The molecule has 0 rings (SSSR count). The first kappa shape index (κ1) is 20.2. The first-order valence-corrected chi connectivity index (χ1v) is 9.07. The molecule has 0 radical (unpaired) electrons. The molecule has 0 saturated heterocycles. The lowest BCUT2D eigenvalue weighted by Crippen LogP contribution is -2.05. The van der Waals surface area contributed by atoms with Gasteiger partial charge in [-0.3, -0.25) is 4.79 Å². The van der Waals surface area contributed by atoms with E-state index in [4.69, 9.17) is 4.74 Å². The van der Waals surface area contributed by atoms with Crippen molar-refractivity contribution in [1.82, 2.24) is 0 Å². The fraction of sp³-hybridized carbons (Fsp3) is 0.842. The largest absolute Gasteiger partial charge is 0.466 e. The second-order valence-electron chi connectivity index (χ2n) is 5.94. The third kappa shape index (κ3) is 17.2. The highest BCUT2D eigenvalue weighted by atomic mass is 16.5. The molecule has 0 saturated carbocycles. The molecule has 0 fully saturated rings. The van der Waals surface area contributed by atoms with Gasteiger partial charge >= 0.3 is 5.97 Å². The highest BCUT2D eigenvalue weighted by Gasteiger charge is 2.02. The van der Waals surface area contributed by atoms with Gasteiger partial charge in [0.05, 0.1) is 6.61 Å². The van der Waals surface area contributed by atoms with Crippen LogP contribution in [0.1, 0.15) is 96.8 Å². The Bertz CT molecular complexity index is 236. The van der Waals surface area contributed by atoms with E-state index in [9.17, 15) is 4.79 Å². The molecular formula is C19H36O2. The SMILES string of the molecule is C=CCCCCCCCCC(=O)OCCCCCCCC. The first-order chi connectivity index (χ1) is 10.3. The summed E-state index contributed by atoms with van der Waals surface area (Å²) >= 11 is 0. The smallest absolute Gasteiger partial charge is 0.305 e. The number of rotatable bonds is 16. The van der Waals surface area contributed by atoms with E-state index in [-0.39, 0.29) is 5.97 Å². The van der Waals surface area contributed by atoms with E-state index in [0.717, 1.165) is 25.7 Å². The van der Waals surface area contributed by atoms with Crippen LogP contribution in [0.25, 0.3) is 0 Å². The van der Waals surface area contributed by atoms with E-state index >= 15 is 0 Å². The van der Waals surface area contributed by atoms with Gasteiger partial charge in [-0.25, -0.2) is 0 Å². The lowest BCUT2D eigenvalue weighted by Gasteiger charge is -2.05. The van der Waals surface area contributed by atoms with E-state index in [0.29, 0.717) is 13.0 Å². The molecule has 2 nitrogen and oxygen atoms in total. The van der Waals surface area contributed by atoms with Crippen molar-refractivity contribution >= 4 is 5.97 Å². The first-order valence-electron chi connectivity index (χ1n) is 9.07. The lowest BCUT2D eigenvalue weighted by atomic mass is 10.1. The van der Waals surface area contributed by atoms with Gasteiger partial charge in [0.2, 0.25) is 0 Å². The average Bonchev–Trinajstić information content (AvgIpc) is 2.49. The molecule has 0 aromatic rings. The number of carbonyl (C=O) groups excluding carboxylic acids is 1. The van der Waals surface area contributed by atoms with Crippen LogP contribution in [0.15, 0.2) is 12.7 Å². The van der Waals surface area contributed by atoms with E-state index in [1.54, 1.807) is 0 Å². The third-order valence-corrected chi connectivity index (χ3v) is 3.80. The fourth-order valence-electron chi connectivity index (χ4n) is 2.41. The second-order valence-corrected chi connectivity index (χ2v) is 5.94. The number of esters is 1. The van der Waals surface area contributed by atoms with Gasteiger partial charge in [0, 0.05) is 6.42 Å². The number of allylic oxidation sites excluding steroid dienone is 1. The summed E-state index contributed by atoms with van der Waals surface area (Å²) in [5, 5.41) is 0. The molecule has 0 amide bonds. The molecule has 0 spiro atoms. The summed E-state index contributed by atoms with van der Waals surface area (Å²) in [6.07, 6.45) is 18.3. The zero-order valence-electron chi connectivity index (χ0n) is 14.2. The van der Waals surface area contributed by atoms with Crippen molar-refractivity contribution in [2.45, 2.75) is 96.8 Å². The van der Waals surface area contributed by atoms with Crippen LogP contribution in [0.3, 0.4) is 0 Å². The number of hydrogen-bond donors (Lipinski definition) is 0. The molecule has 0 aromatic heterocycles. The summed E-state index contributed by atoms with van der Waals surface area (Å²) in [6.45, 7) is 6.57. The summed E-state index contributed by atoms with van der Waals surface area (Å²) in [4.78, 5) is 11.5. The Labute approximate surface area is 132 Å². The summed E-state index contributed by atoms with van der Waals surface area (Å²) in [6, 6.07) is 0. The van der Waals surface area contributed by atoms with Crippen LogP contribution >= 0.6 is 0 Å². The van der Waals surface area contributed by atoms with Crippen LogP contribution < -0.4 is 0 Å². The van der Waals surface area contributed by atoms with E-state index < -0.39 is 0 Å². The molecule has 2 heteroatoms. The van der Waals surface area contributed by atoms with Crippen LogP contribution in [-0.4, -0.2) is 12.6 Å². The van der Waals surface area contributed by atoms with Crippen molar-refractivity contribution in [3.8, 4) is 0 Å². The van der Waals surface area contributed by atoms with Gasteiger partial charge in [-0.1, -0.05) is 70.8 Å². The van der Waals surface area contributed by atoms with Crippen LogP contribution in [-0.2, 0) is 9.53 Å². The zero-order valence-corrected chi connectivity index (χ0v) is 14.2. The van der Waals surface area contributed by atoms with Crippen molar-refractivity contribution in [3.63, 3.8) is 0 Å². The van der Waals surface area contributed by atoms with Gasteiger partial charge in [0.15, 0.2) is 0 Å². The molecule has 0 atom stereocenters. The maximum Gasteiger partial charge on any atom is 0.305 e. The van der Waals surface area contributed by atoms with Crippen LogP contribution in [0.2, 0.25) is 0 Å². The molecule has 0 N–H and O–H groups in total. The molecule has 0 unspecified atom stereocenters. The maximum atomic E-state index is 11.5. The number of hydrogen-bond acceptors (Lipinski definition) is 2. The highest BCUT2D eigenvalue weighted by molar-refractivity contribution is 5.69. The topological polar surface area (TPSA) is 26.3 Å². The van der Waals surface area contributed by atoms with E-state index in [2.05, 4.69) is 13.5 Å². The molecule has 124 valence electrons. The molecule has 21 heavy (non-hydrogen) atoms. The van der Waals surface area contributed by atoms with Crippen molar-refractivity contribution in [2.24, 2.45) is 0 Å². The Kier molecular flexibility index (Phi) is 16.6. The third-order valence-electron chi connectivity index (χ3n) is 3.80. The van der Waals surface area contributed by atoms with Crippen molar-refractivity contribution in [2.75, 3.05) is 6.61 Å². The van der Waals surface area contributed by atoms with Crippen LogP contribution in [0, 0.1) is 0 Å². The normalized spacial score (nSPS) is 10.5. The van der Waals surface area contributed by atoms with Crippen LogP contribution in [0.5, 0.6) is 0 Å². The average molecular weight is 296 g/mol. The predicted molar refractivity (Wildman–Crippen MR) is 91.5 cm³/mol. The molecule has 0 aliphatic heterocycles. The standard InChI is InChI=1S/C19H36O2/c1-3-5-7-9-11-12-13-15-17-19(20)21-18-16-14-10-8-6-4-2/h3H,1,4-18H2,2H3. The van der Waals surface area contributed by atoms with Crippen molar-refractivity contribution in [1.29, 1.82) is 0 Å². The Balaban J connectivity index is 3.14. The van der Waals surface area contributed by atoms with Crippen molar-refractivity contribution < 1.29 is 9.53 Å². The molecule has 0 bridgehead atoms. The van der Waals surface area contributed by atoms with E-state index in [1.807, 2.05) is 6.08 Å². The lowest BCUT2D eigenvalue weighted by molar-refractivity contribution is -0.143. The minimum atomic E-state index is -0.00443. The highest BCUT2D eigenvalue weighted by Crippen LogP contribution is 2.09. The fourth-order valence-corrected chi connectivity index (χ4v) is 2.41. The minimum Gasteiger partial charge on any atom is -0.466 e. The van der Waals surface area contributed by atoms with Gasteiger partial charge in [-0.05, 0) is 25.7 Å². The minimum absolute atomic E-state index is 0.00443. The second kappa shape index (κ2) is 17.3. The van der Waals surface area contributed by atoms with Crippen molar-refractivity contribution in [3.05, 3.63) is 12.7 Å². The Morgan fingerprint density at radius 3 is 2.10 bits per heavy atom. The van der Waals surface area contributed by atoms with E-state index in [1.165, 1.54) is 57.8 Å². The summed E-state index contributed by atoms with van der Waals surface area (Å²) in [7, 11) is 0. The Morgan fingerprint density at radius 1 is 0.857 bits per heavy atom. The maximum absolute atomic E-state index is 11.5. The molecule has 0 aliphatic carbocycles. The predicted octanol–water partition coefficient (Wildman–Crippen LogP) is 6.20. The molecule has 0 aliphatic rings. The van der Waals surface area contributed by atoms with Gasteiger partial charge in [0.25, 0.3) is 0 Å².